The van der Waals surface area contributed by atoms with Gasteiger partial charge in [-0.25, -0.2) is 0 Å². The molecular weight excluding hydrogens is 260 g/mol. The zero-order chi connectivity index (χ0) is 15.2. The lowest BCUT2D eigenvalue weighted by Gasteiger charge is -2.28. The van der Waals surface area contributed by atoms with E-state index in [0.717, 1.165) is 11.3 Å². The highest BCUT2D eigenvalue weighted by atomic mass is 16.1. The Hall–Kier alpha value is -1.51. The average molecular weight is 288 g/mol. The number of carbonyl (C=O) groups excluding carboxylic acids is 1. The van der Waals surface area contributed by atoms with Crippen molar-refractivity contribution >= 4 is 11.6 Å². The van der Waals surface area contributed by atoms with Crippen LogP contribution < -0.4 is 10.6 Å². The van der Waals surface area contributed by atoms with Gasteiger partial charge in [0, 0.05) is 17.8 Å². The first-order valence-electron chi connectivity index (χ1n) is 8.24. The number of carbonyl (C=O) groups is 1. The first kappa shape index (κ1) is 15.9. The van der Waals surface area contributed by atoms with Crippen molar-refractivity contribution in [3.8, 4) is 0 Å². The van der Waals surface area contributed by atoms with Gasteiger partial charge in [0.2, 0.25) is 0 Å². The molecule has 0 saturated heterocycles. The van der Waals surface area contributed by atoms with Crippen molar-refractivity contribution in [1.82, 2.24) is 5.32 Å². The summed E-state index contributed by atoms with van der Waals surface area (Å²) in [5, 5.41) is 6.55. The normalized spacial score (nSPS) is 17.5. The zero-order valence-electron chi connectivity index (χ0n) is 13.5. The molecule has 1 atom stereocenters. The van der Waals surface area contributed by atoms with Crippen LogP contribution in [0.25, 0.3) is 0 Å². The summed E-state index contributed by atoms with van der Waals surface area (Å²) in [5.74, 6) is 0.671. The van der Waals surface area contributed by atoms with Gasteiger partial charge in [0.15, 0.2) is 0 Å². The van der Waals surface area contributed by atoms with E-state index in [0.29, 0.717) is 12.0 Å². The average Bonchev–Trinajstić information content (AvgIpc) is 2.48. The van der Waals surface area contributed by atoms with Gasteiger partial charge in [-0.05, 0) is 51.7 Å². The van der Waals surface area contributed by atoms with E-state index >= 15 is 0 Å². The molecule has 21 heavy (non-hydrogen) atoms. The van der Waals surface area contributed by atoms with Gasteiger partial charge in [0.25, 0.3) is 5.91 Å². The molecule has 0 aliphatic heterocycles. The van der Waals surface area contributed by atoms with E-state index in [1.54, 1.807) is 0 Å². The van der Waals surface area contributed by atoms with Crippen LogP contribution in [0.4, 0.5) is 5.69 Å². The predicted octanol–water partition coefficient (Wildman–Crippen LogP) is 4.21. The molecule has 1 amide bonds. The van der Waals surface area contributed by atoms with Crippen molar-refractivity contribution < 1.29 is 4.79 Å². The van der Waals surface area contributed by atoms with Gasteiger partial charge >= 0.3 is 0 Å². The molecule has 1 aromatic carbocycles. The van der Waals surface area contributed by atoms with Crippen LogP contribution in [0.1, 0.15) is 63.2 Å². The van der Waals surface area contributed by atoms with Crippen LogP contribution in [0.2, 0.25) is 0 Å². The van der Waals surface area contributed by atoms with Gasteiger partial charge in [0.05, 0.1) is 5.56 Å². The second-order valence-electron chi connectivity index (χ2n) is 6.50. The fraction of sp³-hybridized carbons (Fsp3) is 0.611. The summed E-state index contributed by atoms with van der Waals surface area (Å²) in [6, 6.07) is 8.32. The summed E-state index contributed by atoms with van der Waals surface area (Å²) < 4.78 is 0. The molecule has 2 rings (SSSR count). The first-order valence-corrected chi connectivity index (χ1v) is 8.24. The van der Waals surface area contributed by atoms with Crippen LogP contribution >= 0.6 is 0 Å². The standard InChI is InChI=1S/C18H28N2O/c1-13(2)19-17-12-8-7-11-16(17)18(21)20-14(3)15-9-5-4-6-10-15/h7-8,11-15,19H,4-6,9-10H2,1-3H3,(H,20,21)/t14-/m0/s1. The minimum absolute atomic E-state index is 0.0387. The third-order valence-electron chi connectivity index (χ3n) is 4.33. The molecule has 1 aliphatic rings. The number of benzene rings is 1. The lowest BCUT2D eigenvalue weighted by Crippen LogP contribution is -2.39. The minimum Gasteiger partial charge on any atom is -0.382 e. The number of amides is 1. The van der Waals surface area contributed by atoms with Gasteiger partial charge in [0.1, 0.15) is 0 Å². The highest BCUT2D eigenvalue weighted by Gasteiger charge is 2.22. The second-order valence-corrected chi connectivity index (χ2v) is 6.50. The third kappa shape index (κ3) is 4.48. The fourth-order valence-corrected chi connectivity index (χ4v) is 3.15. The summed E-state index contributed by atoms with van der Waals surface area (Å²) in [6.45, 7) is 6.31. The van der Waals surface area contributed by atoms with Crippen LogP contribution in [0, 0.1) is 5.92 Å². The molecular formula is C18H28N2O. The van der Waals surface area contributed by atoms with Crippen molar-refractivity contribution in [2.45, 2.75) is 65.0 Å². The maximum absolute atomic E-state index is 12.5. The van der Waals surface area contributed by atoms with Crippen LogP contribution in [0.3, 0.4) is 0 Å². The first-order chi connectivity index (χ1) is 10.1. The summed E-state index contributed by atoms with van der Waals surface area (Å²) in [7, 11) is 0. The van der Waals surface area contributed by atoms with E-state index < -0.39 is 0 Å². The quantitative estimate of drug-likeness (QED) is 0.852. The number of hydrogen-bond donors (Lipinski definition) is 2. The van der Waals surface area contributed by atoms with E-state index in [1.807, 2.05) is 24.3 Å². The number of anilines is 1. The molecule has 1 fully saturated rings. The molecule has 1 aromatic rings. The molecule has 0 unspecified atom stereocenters. The van der Waals surface area contributed by atoms with Crippen LogP contribution in [0.15, 0.2) is 24.3 Å². The maximum atomic E-state index is 12.5. The largest absolute Gasteiger partial charge is 0.382 e. The summed E-state index contributed by atoms with van der Waals surface area (Å²) in [6.07, 6.45) is 6.44. The number of nitrogens with one attached hydrogen (secondary N) is 2. The lowest BCUT2D eigenvalue weighted by molar-refractivity contribution is 0.0920. The Morgan fingerprint density at radius 2 is 1.76 bits per heavy atom. The topological polar surface area (TPSA) is 41.1 Å². The SMILES string of the molecule is CC(C)Nc1ccccc1C(=O)N[C@@H](C)C1CCCCC1. The maximum Gasteiger partial charge on any atom is 0.253 e. The zero-order valence-corrected chi connectivity index (χ0v) is 13.5. The Morgan fingerprint density at radius 1 is 1.10 bits per heavy atom. The molecule has 0 aromatic heterocycles. The number of para-hydroxylation sites is 1. The number of hydrogen-bond acceptors (Lipinski definition) is 2. The van der Waals surface area contributed by atoms with Crippen molar-refractivity contribution in [2.75, 3.05) is 5.32 Å². The molecule has 0 spiro atoms. The van der Waals surface area contributed by atoms with E-state index in [1.165, 1.54) is 32.1 Å². The molecule has 0 heterocycles. The smallest absolute Gasteiger partial charge is 0.253 e. The van der Waals surface area contributed by atoms with E-state index in [2.05, 4.69) is 31.4 Å². The second kappa shape index (κ2) is 7.48. The minimum atomic E-state index is 0.0387. The highest BCUT2D eigenvalue weighted by molar-refractivity contribution is 5.99. The molecule has 1 aliphatic carbocycles. The van der Waals surface area contributed by atoms with Crippen molar-refractivity contribution in [1.29, 1.82) is 0 Å². The lowest BCUT2D eigenvalue weighted by atomic mass is 9.84. The van der Waals surface area contributed by atoms with E-state index in [4.69, 9.17) is 0 Å². The molecule has 116 valence electrons. The molecule has 0 bridgehead atoms. The highest BCUT2D eigenvalue weighted by Crippen LogP contribution is 2.26. The van der Waals surface area contributed by atoms with Gasteiger partial charge in [-0.2, -0.15) is 0 Å². The van der Waals surface area contributed by atoms with E-state index in [-0.39, 0.29) is 11.9 Å². The van der Waals surface area contributed by atoms with Crippen LogP contribution in [-0.4, -0.2) is 18.0 Å². The molecule has 3 heteroatoms. The van der Waals surface area contributed by atoms with E-state index in [9.17, 15) is 4.79 Å². The Kier molecular flexibility index (Phi) is 5.66. The Morgan fingerprint density at radius 3 is 2.43 bits per heavy atom. The van der Waals surface area contributed by atoms with Crippen LogP contribution in [-0.2, 0) is 0 Å². The van der Waals surface area contributed by atoms with Gasteiger partial charge in [-0.15, -0.1) is 0 Å². The van der Waals surface area contributed by atoms with Crippen LogP contribution in [0.5, 0.6) is 0 Å². The summed E-state index contributed by atoms with van der Waals surface area (Å²) in [5.41, 5.74) is 1.66. The Labute approximate surface area is 128 Å². The summed E-state index contributed by atoms with van der Waals surface area (Å²) in [4.78, 5) is 12.5. The van der Waals surface area contributed by atoms with Crippen molar-refractivity contribution in [3.05, 3.63) is 29.8 Å². The predicted molar refractivity (Wildman–Crippen MR) is 88.7 cm³/mol. The molecule has 1 saturated carbocycles. The fourth-order valence-electron chi connectivity index (χ4n) is 3.15. The van der Waals surface area contributed by atoms with Crippen molar-refractivity contribution in [2.24, 2.45) is 5.92 Å². The third-order valence-corrected chi connectivity index (χ3v) is 4.33. The Bertz CT molecular complexity index is 464. The molecule has 3 nitrogen and oxygen atoms in total. The molecule has 0 radical (unpaired) electrons. The van der Waals surface area contributed by atoms with Gasteiger partial charge in [-0.1, -0.05) is 31.4 Å². The summed E-state index contributed by atoms with van der Waals surface area (Å²) >= 11 is 0. The van der Waals surface area contributed by atoms with Gasteiger partial charge in [-0.3, -0.25) is 4.79 Å². The molecule has 2 N–H and O–H groups in total. The Balaban J connectivity index is 2.02. The number of rotatable bonds is 5. The van der Waals surface area contributed by atoms with Crippen molar-refractivity contribution in [3.63, 3.8) is 0 Å². The monoisotopic (exact) mass is 288 g/mol. The van der Waals surface area contributed by atoms with Gasteiger partial charge < -0.3 is 10.6 Å².